The average molecular weight is 245 g/mol. The van der Waals surface area contributed by atoms with Gasteiger partial charge in [-0.15, -0.1) is 0 Å². The van der Waals surface area contributed by atoms with Gasteiger partial charge in [0.25, 0.3) is 0 Å². The number of esters is 1. The Bertz CT molecular complexity index is 503. The first-order valence-corrected chi connectivity index (χ1v) is 5.83. The third-order valence-electron chi connectivity index (χ3n) is 2.79. The van der Waals surface area contributed by atoms with Crippen LogP contribution in [0.15, 0.2) is 46.7 Å². The minimum atomic E-state index is -0.492. The Balaban J connectivity index is 1.98. The highest BCUT2D eigenvalue weighted by molar-refractivity contribution is 6.20. The zero-order valence-corrected chi connectivity index (χ0v) is 10.2. The number of carbonyl (C=O) groups is 1. The number of ether oxygens (including phenoxy) is 1. The van der Waals surface area contributed by atoms with Crippen molar-refractivity contribution in [3.05, 3.63) is 47.2 Å². The first kappa shape index (κ1) is 12.4. The molecule has 18 heavy (non-hydrogen) atoms. The summed E-state index contributed by atoms with van der Waals surface area (Å²) in [4.78, 5) is 15.6. The van der Waals surface area contributed by atoms with Gasteiger partial charge in [-0.3, -0.25) is 4.99 Å². The van der Waals surface area contributed by atoms with Crippen LogP contribution in [0.3, 0.4) is 0 Å². The Morgan fingerprint density at radius 2 is 2.11 bits per heavy atom. The highest BCUT2D eigenvalue weighted by Gasteiger charge is 2.26. The van der Waals surface area contributed by atoms with E-state index < -0.39 is 5.97 Å². The Hall–Kier alpha value is -2.10. The van der Waals surface area contributed by atoms with E-state index in [1.54, 1.807) is 6.92 Å². The molecule has 0 saturated carbocycles. The summed E-state index contributed by atoms with van der Waals surface area (Å²) in [6.07, 6.45) is 0.807. The van der Waals surface area contributed by atoms with Crippen molar-refractivity contribution in [2.75, 3.05) is 13.2 Å². The third-order valence-corrected chi connectivity index (χ3v) is 2.79. The fourth-order valence-electron chi connectivity index (χ4n) is 1.83. The normalized spacial score (nSPS) is 16.1. The Kier molecular flexibility index (Phi) is 3.77. The molecule has 0 radical (unpaired) electrons. The van der Waals surface area contributed by atoms with Gasteiger partial charge in [-0.25, -0.2) is 4.79 Å². The molecule has 4 nitrogen and oxygen atoms in total. The van der Waals surface area contributed by atoms with Crippen LogP contribution in [0.25, 0.3) is 0 Å². The lowest BCUT2D eigenvalue weighted by Crippen LogP contribution is -2.09. The van der Waals surface area contributed by atoms with Gasteiger partial charge in [0.2, 0.25) is 0 Å². The molecule has 1 aromatic carbocycles. The molecule has 1 aliphatic heterocycles. The van der Waals surface area contributed by atoms with Gasteiger partial charge < -0.3 is 9.84 Å². The molecule has 1 heterocycles. The summed E-state index contributed by atoms with van der Waals surface area (Å²) in [6.45, 7) is 2.25. The molecule has 4 heteroatoms. The van der Waals surface area contributed by atoms with Gasteiger partial charge in [0.1, 0.15) is 17.9 Å². The van der Waals surface area contributed by atoms with Crippen molar-refractivity contribution in [3.63, 3.8) is 0 Å². The predicted octanol–water partition coefficient (Wildman–Crippen LogP) is 2.06. The molecule has 0 amide bonds. The molecule has 0 spiro atoms. The van der Waals surface area contributed by atoms with Crippen LogP contribution in [-0.4, -0.2) is 29.9 Å². The Labute approximate surface area is 106 Å². The van der Waals surface area contributed by atoms with E-state index in [9.17, 15) is 9.90 Å². The lowest BCUT2D eigenvalue weighted by Gasteiger charge is -2.01. The first-order chi connectivity index (χ1) is 8.68. The molecule has 1 aromatic rings. The van der Waals surface area contributed by atoms with Crippen molar-refractivity contribution >= 4 is 11.7 Å². The smallest absolute Gasteiger partial charge is 0.344 e. The summed E-state index contributed by atoms with van der Waals surface area (Å²) in [5, 5.41) is 9.50. The zero-order valence-electron chi connectivity index (χ0n) is 10.2. The summed E-state index contributed by atoms with van der Waals surface area (Å²) in [7, 11) is 0. The molecule has 94 valence electrons. The van der Waals surface area contributed by atoms with Gasteiger partial charge in [0.15, 0.2) is 0 Å². The van der Waals surface area contributed by atoms with Gasteiger partial charge >= 0.3 is 5.97 Å². The van der Waals surface area contributed by atoms with Gasteiger partial charge in [-0.1, -0.05) is 30.3 Å². The van der Waals surface area contributed by atoms with Crippen LogP contribution in [0.5, 0.6) is 0 Å². The standard InChI is InChI=1S/C14H15NO3/c1-10(13-12(16)9-18-14(13)17)15-8-7-11-5-3-2-4-6-11/h2-6,16H,7-9H2,1H3. The SMILES string of the molecule is CC(=NCCc1ccccc1)C1=C(O)COC1=O. The number of cyclic esters (lactones) is 1. The van der Waals surface area contributed by atoms with Gasteiger partial charge in [0.05, 0.1) is 0 Å². The summed E-state index contributed by atoms with van der Waals surface area (Å²) in [5.74, 6) is -0.519. The summed E-state index contributed by atoms with van der Waals surface area (Å²) in [5.41, 5.74) is 1.94. The monoisotopic (exact) mass is 245 g/mol. The number of benzene rings is 1. The second-order valence-electron chi connectivity index (χ2n) is 4.10. The number of aliphatic hydroxyl groups is 1. The van der Waals surface area contributed by atoms with Crippen molar-refractivity contribution in [3.8, 4) is 0 Å². The highest BCUT2D eigenvalue weighted by Crippen LogP contribution is 2.15. The van der Waals surface area contributed by atoms with Crippen molar-refractivity contribution in [2.45, 2.75) is 13.3 Å². The number of aliphatic imine (C=N–C) groups is 1. The van der Waals surface area contributed by atoms with E-state index in [0.29, 0.717) is 12.3 Å². The fraction of sp³-hybridized carbons (Fsp3) is 0.286. The lowest BCUT2D eigenvalue weighted by molar-refractivity contribution is -0.135. The van der Waals surface area contributed by atoms with E-state index in [1.807, 2.05) is 30.3 Å². The molecule has 0 aromatic heterocycles. The molecule has 0 unspecified atom stereocenters. The van der Waals surface area contributed by atoms with Crippen LogP contribution in [0.2, 0.25) is 0 Å². The molecule has 0 atom stereocenters. The van der Waals surface area contributed by atoms with Crippen molar-refractivity contribution < 1.29 is 14.6 Å². The molecule has 0 fully saturated rings. The Morgan fingerprint density at radius 3 is 2.72 bits per heavy atom. The van der Waals surface area contributed by atoms with Gasteiger partial charge in [-0.05, 0) is 18.9 Å². The summed E-state index contributed by atoms with van der Waals surface area (Å²) < 4.78 is 4.72. The maximum absolute atomic E-state index is 11.3. The predicted molar refractivity (Wildman–Crippen MR) is 68.7 cm³/mol. The van der Waals surface area contributed by atoms with E-state index >= 15 is 0 Å². The van der Waals surface area contributed by atoms with Gasteiger partial charge in [-0.2, -0.15) is 0 Å². The van der Waals surface area contributed by atoms with Crippen LogP contribution >= 0.6 is 0 Å². The number of carbonyl (C=O) groups excluding carboxylic acids is 1. The molecular formula is C14H15NO3. The molecule has 1 aliphatic rings. The Morgan fingerprint density at radius 1 is 1.39 bits per heavy atom. The minimum absolute atomic E-state index is 0.0269. The maximum atomic E-state index is 11.3. The molecule has 1 N–H and O–H groups in total. The largest absolute Gasteiger partial charge is 0.508 e. The van der Waals surface area contributed by atoms with E-state index in [0.717, 1.165) is 6.42 Å². The van der Waals surface area contributed by atoms with Gasteiger partial charge in [0, 0.05) is 12.3 Å². The molecule has 0 saturated heterocycles. The fourth-order valence-corrected chi connectivity index (χ4v) is 1.83. The van der Waals surface area contributed by atoms with Crippen molar-refractivity contribution in [1.82, 2.24) is 0 Å². The van der Waals surface area contributed by atoms with E-state index in [2.05, 4.69) is 4.99 Å². The quantitative estimate of drug-likeness (QED) is 0.652. The minimum Gasteiger partial charge on any atom is -0.508 e. The number of rotatable bonds is 4. The topological polar surface area (TPSA) is 58.9 Å². The van der Waals surface area contributed by atoms with Crippen LogP contribution in [0.4, 0.5) is 0 Å². The van der Waals surface area contributed by atoms with E-state index in [1.165, 1.54) is 5.56 Å². The molecule has 0 bridgehead atoms. The summed E-state index contributed by atoms with van der Waals surface area (Å²) in [6, 6.07) is 10.00. The summed E-state index contributed by atoms with van der Waals surface area (Å²) >= 11 is 0. The molecule has 2 rings (SSSR count). The third kappa shape index (κ3) is 2.77. The number of hydrogen-bond acceptors (Lipinski definition) is 4. The highest BCUT2D eigenvalue weighted by atomic mass is 16.5. The number of hydrogen-bond donors (Lipinski definition) is 1. The van der Waals surface area contributed by atoms with Crippen LogP contribution in [0.1, 0.15) is 12.5 Å². The van der Waals surface area contributed by atoms with E-state index in [-0.39, 0.29) is 17.9 Å². The molecule has 0 aliphatic carbocycles. The zero-order chi connectivity index (χ0) is 13.0. The molecular weight excluding hydrogens is 230 g/mol. The second kappa shape index (κ2) is 5.49. The van der Waals surface area contributed by atoms with Crippen molar-refractivity contribution in [2.24, 2.45) is 4.99 Å². The lowest BCUT2D eigenvalue weighted by atomic mass is 10.1. The maximum Gasteiger partial charge on any atom is 0.344 e. The van der Waals surface area contributed by atoms with Crippen LogP contribution in [0, 0.1) is 0 Å². The average Bonchev–Trinajstić information content (AvgIpc) is 2.70. The second-order valence-corrected chi connectivity index (χ2v) is 4.10. The van der Waals surface area contributed by atoms with Crippen LogP contribution < -0.4 is 0 Å². The van der Waals surface area contributed by atoms with E-state index in [4.69, 9.17) is 4.74 Å². The van der Waals surface area contributed by atoms with Crippen LogP contribution in [-0.2, 0) is 16.0 Å². The number of nitrogens with zero attached hydrogens (tertiary/aromatic N) is 1. The first-order valence-electron chi connectivity index (χ1n) is 5.83. The van der Waals surface area contributed by atoms with Crippen molar-refractivity contribution in [1.29, 1.82) is 0 Å². The number of aliphatic hydroxyl groups excluding tert-OH is 1.